The predicted octanol–water partition coefficient (Wildman–Crippen LogP) is 3.31. The maximum atomic E-state index is 12.3. The Hall–Kier alpha value is -3.10. The molecule has 2 aromatic heterocycles. The summed E-state index contributed by atoms with van der Waals surface area (Å²) in [5.41, 5.74) is 1.14. The summed E-state index contributed by atoms with van der Waals surface area (Å²) in [5, 5.41) is 0. The van der Waals surface area contributed by atoms with Gasteiger partial charge in [0.15, 0.2) is 5.82 Å². The van der Waals surface area contributed by atoms with Crippen LogP contribution in [0.2, 0.25) is 0 Å². The van der Waals surface area contributed by atoms with Crippen LogP contribution in [0.25, 0.3) is 22.6 Å². The predicted molar refractivity (Wildman–Crippen MR) is 77.3 cm³/mol. The number of halogens is 3. The molecule has 0 aliphatic heterocycles. The standard InChI is InChI=1S/C15H10F3N3O3/c1-23-14(22)9-3-2-6-19-12(9)13-20-10-5-4-8(7-11(10)21-13)24-15(16,17)18/h2-7H,1H3,(H,20,21). The molecule has 0 aliphatic carbocycles. The van der Waals surface area contributed by atoms with Gasteiger partial charge in [-0.1, -0.05) is 0 Å². The zero-order chi connectivity index (χ0) is 17.3. The molecule has 0 spiro atoms. The van der Waals surface area contributed by atoms with E-state index in [1.165, 1.54) is 25.4 Å². The Morgan fingerprint density at radius 3 is 2.75 bits per heavy atom. The van der Waals surface area contributed by atoms with E-state index in [0.717, 1.165) is 12.1 Å². The van der Waals surface area contributed by atoms with Gasteiger partial charge in [-0.2, -0.15) is 0 Å². The van der Waals surface area contributed by atoms with Gasteiger partial charge in [-0.05, 0) is 24.3 Å². The first kappa shape index (κ1) is 15.8. The van der Waals surface area contributed by atoms with Crippen molar-refractivity contribution in [1.29, 1.82) is 0 Å². The molecule has 3 aromatic rings. The van der Waals surface area contributed by atoms with Crippen molar-refractivity contribution in [2.45, 2.75) is 6.36 Å². The fourth-order valence-electron chi connectivity index (χ4n) is 2.16. The van der Waals surface area contributed by atoms with E-state index in [2.05, 4.69) is 24.4 Å². The number of aromatic nitrogens is 3. The number of H-pyrrole nitrogens is 1. The Morgan fingerprint density at radius 2 is 2.04 bits per heavy atom. The lowest BCUT2D eigenvalue weighted by Crippen LogP contribution is -2.16. The van der Waals surface area contributed by atoms with E-state index in [4.69, 9.17) is 0 Å². The van der Waals surface area contributed by atoms with E-state index in [1.807, 2.05) is 0 Å². The number of nitrogens with zero attached hydrogens (tertiary/aromatic N) is 2. The molecule has 0 saturated carbocycles. The third kappa shape index (κ3) is 3.14. The highest BCUT2D eigenvalue weighted by molar-refractivity contribution is 5.96. The average molecular weight is 337 g/mol. The summed E-state index contributed by atoms with van der Waals surface area (Å²) in [6.45, 7) is 0. The number of carbonyl (C=O) groups excluding carboxylic acids is 1. The van der Waals surface area contributed by atoms with Gasteiger partial charge in [-0.25, -0.2) is 9.78 Å². The number of aromatic amines is 1. The van der Waals surface area contributed by atoms with Crippen LogP contribution in [0.1, 0.15) is 10.4 Å². The van der Waals surface area contributed by atoms with Crippen LogP contribution in [-0.4, -0.2) is 34.4 Å². The second kappa shape index (κ2) is 5.84. The second-order valence-corrected chi connectivity index (χ2v) is 4.70. The normalized spacial score (nSPS) is 11.5. The van der Waals surface area contributed by atoms with E-state index in [-0.39, 0.29) is 28.3 Å². The minimum Gasteiger partial charge on any atom is -0.465 e. The number of pyridine rings is 1. The van der Waals surface area contributed by atoms with E-state index in [0.29, 0.717) is 5.52 Å². The van der Waals surface area contributed by atoms with Gasteiger partial charge in [0.05, 0.1) is 23.7 Å². The SMILES string of the molecule is COC(=O)c1cccnc1-c1nc2cc(OC(F)(F)F)ccc2[nH]1. The fourth-order valence-corrected chi connectivity index (χ4v) is 2.16. The molecular formula is C15H10F3N3O3. The zero-order valence-electron chi connectivity index (χ0n) is 12.2. The molecule has 0 atom stereocenters. The lowest BCUT2D eigenvalue weighted by atomic mass is 10.2. The summed E-state index contributed by atoms with van der Waals surface area (Å²) in [6.07, 6.45) is -3.32. The third-order valence-electron chi connectivity index (χ3n) is 3.13. The van der Waals surface area contributed by atoms with Crippen molar-refractivity contribution in [3.8, 4) is 17.3 Å². The summed E-state index contributed by atoms with van der Waals surface area (Å²) < 4.78 is 45.4. The highest BCUT2D eigenvalue weighted by atomic mass is 19.4. The molecule has 24 heavy (non-hydrogen) atoms. The van der Waals surface area contributed by atoms with Gasteiger partial charge < -0.3 is 14.5 Å². The molecule has 0 bridgehead atoms. The topological polar surface area (TPSA) is 77.1 Å². The highest BCUT2D eigenvalue weighted by Crippen LogP contribution is 2.28. The molecule has 1 N–H and O–H groups in total. The lowest BCUT2D eigenvalue weighted by molar-refractivity contribution is -0.274. The van der Waals surface area contributed by atoms with E-state index in [1.54, 1.807) is 6.07 Å². The number of nitrogens with one attached hydrogen (secondary N) is 1. The highest BCUT2D eigenvalue weighted by Gasteiger charge is 2.31. The van der Waals surface area contributed by atoms with Crippen LogP contribution < -0.4 is 4.74 Å². The maximum Gasteiger partial charge on any atom is 0.573 e. The van der Waals surface area contributed by atoms with Crippen molar-refractivity contribution in [1.82, 2.24) is 15.0 Å². The molecule has 6 nitrogen and oxygen atoms in total. The van der Waals surface area contributed by atoms with Gasteiger partial charge >= 0.3 is 12.3 Å². The number of benzene rings is 1. The molecule has 0 saturated heterocycles. The molecule has 0 aliphatic rings. The first-order chi connectivity index (χ1) is 11.4. The van der Waals surface area contributed by atoms with Crippen molar-refractivity contribution in [2.75, 3.05) is 7.11 Å². The second-order valence-electron chi connectivity index (χ2n) is 4.70. The van der Waals surface area contributed by atoms with Crippen LogP contribution in [0.15, 0.2) is 36.5 Å². The molecule has 124 valence electrons. The van der Waals surface area contributed by atoms with Crippen LogP contribution in [0.3, 0.4) is 0 Å². The first-order valence-electron chi connectivity index (χ1n) is 6.66. The molecule has 0 fully saturated rings. The molecule has 1 aromatic carbocycles. The summed E-state index contributed by atoms with van der Waals surface area (Å²) in [7, 11) is 1.23. The summed E-state index contributed by atoms with van der Waals surface area (Å²) >= 11 is 0. The molecule has 2 heterocycles. The van der Waals surface area contributed by atoms with Crippen LogP contribution >= 0.6 is 0 Å². The van der Waals surface area contributed by atoms with Gasteiger partial charge in [0.2, 0.25) is 0 Å². The number of esters is 1. The van der Waals surface area contributed by atoms with Crippen LogP contribution in [0.5, 0.6) is 5.75 Å². The Bertz CT molecular complexity index is 906. The number of ether oxygens (including phenoxy) is 2. The quantitative estimate of drug-likeness (QED) is 0.742. The number of methoxy groups -OCH3 is 1. The van der Waals surface area contributed by atoms with Crippen molar-refractivity contribution in [3.63, 3.8) is 0 Å². The van der Waals surface area contributed by atoms with Crippen molar-refractivity contribution in [3.05, 3.63) is 42.1 Å². The zero-order valence-corrected chi connectivity index (χ0v) is 12.2. The van der Waals surface area contributed by atoms with Crippen LogP contribution in [-0.2, 0) is 4.74 Å². The Kier molecular flexibility index (Phi) is 3.84. The molecule has 3 rings (SSSR count). The van der Waals surface area contributed by atoms with E-state index < -0.39 is 12.3 Å². The van der Waals surface area contributed by atoms with E-state index >= 15 is 0 Å². The molecule has 0 unspecified atom stereocenters. The number of hydrogen-bond donors (Lipinski definition) is 1. The minimum atomic E-state index is -4.79. The molecule has 0 amide bonds. The van der Waals surface area contributed by atoms with E-state index in [9.17, 15) is 18.0 Å². The van der Waals surface area contributed by atoms with Gasteiger partial charge in [0.25, 0.3) is 0 Å². The molecule has 0 radical (unpaired) electrons. The van der Waals surface area contributed by atoms with Crippen molar-refractivity contribution >= 4 is 17.0 Å². The van der Waals surface area contributed by atoms with Gasteiger partial charge in [-0.15, -0.1) is 13.2 Å². The number of hydrogen-bond acceptors (Lipinski definition) is 5. The average Bonchev–Trinajstić information content (AvgIpc) is 2.95. The van der Waals surface area contributed by atoms with Crippen LogP contribution in [0.4, 0.5) is 13.2 Å². The Balaban J connectivity index is 2.05. The summed E-state index contributed by atoms with van der Waals surface area (Å²) in [6, 6.07) is 6.78. The third-order valence-corrected chi connectivity index (χ3v) is 3.13. The number of imidazole rings is 1. The fraction of sp³-hybridized carbons (Fsp3) is 0.133. The number of alkyl halides is 3. The number of rotatable bonds is 3. The van der Waals surface area contributed by atoms with Crippen LogP contribution in [0, 0.1) is 0 Å². The lowest BCUT2D eigenvalue weighted by Gasteiger charge is -2.07. The van der Waals surface area contributed by atoms with Gasteiger partial charge in [-0.3, -0.25) is 4.98 Å². The Morgan fingerprint density at radius 1 is 1.25 bits per heavy atom. The molecule has 9 heteroatoms. The maximum absolute atomic E-state index is 12.3. The number of fused-ring (bicyclic) bond motifs is 1. The first-order valence-corrected chi connectivity index (χ1v) is 6.66. The summed E-state index contributed by atoms with van der Waals surface area (Å²) in [4.78, 5) is 23.0. The smallest absolute Gasteiger partial charge is 0.465 e. The van der Waals surface area contributed by atoms with Crippen molar-refractivity contribution in [2.24, 2.45) is 0 Å². The number of carbonyl (C=O) groups is 1. The van der Waals surface area contributed by atoms with Gasteiger partial charge in [0, 0.05) is 12.3 Å². The van der Waals surface area contributed by atoms with Crippen molar-refractivity contribution < 1.29 is 27.4 Å². The molecular weight excluding hydrogens is 327 g/mol. The largest absolute Gasteiger partial charge is 0.573 e. The summed E-state index contributed by atoms with van der Waals surface area (Å²) in [5.74, 6) is -0.753. The monoisotopic (exact) mass is 337 g/mol. The van der Waals surface area contributed by atoms with Gasteiger partial charge in [0.1, 0.15) is 11.4 Å². The minimum absolute atomic E-state index is 0.186. The Labute approximate surface area is 133 Å².